The molecule has 10 nitrogen and oxygen atoms in total. The van der Waals surface area contributed by atoms with Crippen molar-refractivity contribution in [3.63, 3.8) is 0 Å². The van der Waals surface area contributed by atoms with Crippen molar-refractivity contribution in [3.8, 4) is 17.4 Å². The number of nitrogens with one attached hydrogen (secondary N) is 1. The third-order valence-electron chi connectivity index (χ3n) is 4.89. The van der Waals surface area contributed by atoms with Crippen molar-refractivity contribution in [2.24, 2.45) is 0 Å². The highest BCUT2D eigenvalue weighted by Gasteiger charge is 2.33. The highest BCUT2D eigenvalue weighted by molar-refractivity contribution is 7.90. The van der Waals surface area contributed by atoms with E-state index >= 15 is 0 Å². The summed E-state index contributed by atoms with van der Waals surface area (Å²) in [6.45, 7) is 0.239. The molecule has 0 spiro atoms. The number of nitrogens with zero attached hydrogens (tertiary/aromatic N) is 3. The van der Waals surface area contributed by atoms with Gasteiger partial charge in [0, 0.05) is 18.0 Å². The maximum atomic E-state index is 13.2. The monoisotopic (exact) mass is 528 g/mol. The second kappa shape index (κ2) is 10.8. The van der Waals surface area contributed by atoms with Crippen molar-refractivity contribution < 1.29 is 40.6 Å². The summed E-state index contributed by atoms with van der Waals surface area (Å²) in [5.74, 6) is -1.93. The standard InChI is InChI=1S/C22H23F3N4O6S/c1-4-14-7-9-17(35-13-22(23,24)25)19(18(14)33-2)36(31,32)28-20(30)16-8-6-15(21(27-16)34-3)12-29-11-5-10-26-29/h5-11H,4,12-13H2,1-3H3,(H,28,30). The summed E-state index contributed by atoms with van der Waals surface area (Å²) >= 11 is 0. The molecule has 0 aliphatic rings. The molecule has 0 atom stereocenters. The number of ether oxygens (including phenoxy) is 3. The molecular weight excluding hydrogens is 505 g/mol. The lowest BCUT2D eigenvalue weighted by atomic mass is 10.1. The van der Waals surface area contributed by atoms with E-state index < -0.39 is 39.4 Å². The highest BCUT2D eigenvalue weighted by atomic mass is 32.2. The summed E-state index contributed by atoms with van der Waals surface area (Å²) in [6.07, 6.45) is -1.13. The Morgan fingerprint density at radius 2 is 1.83 bits per heavy atom. The lowest BCUT2D eigenvalue weighted by molar-refractivity contribution is -0.153. The Morgan fingerprint density at radius 1 is 1.11 bits per heavy atom. The van der Waals surface area contributed by atoms with Crippen LogP contribution in [0.5, 0.6) is 17.4 Å². The van der Waals surface area contributed by atoms with E-state index in [1.807, 2.05) is 4.72 Å². The van der Waals surface area contributed by atoms with Gasteiger partial charge in [-0.05, 0) is 36.2 Å². The van der Waals surface area contributed by atoms with Gasteiger partial charge in [0.05, 0.1) is 20.8 Å². The summed E-state index contributed by atoms with van der Waals surface area (Å²) in [5.41, 5.74) is 0.649. The molecule has 3 aromatic rings. The molecule has 0 radical (unpaired) electrons. The maximum absolute atomic E-state index is 13.2. The van der Waals surface area contributed by atoms with Crippen LogP contribution in [0.2, 0.25) is 0 Å². The first kappa shape index (κ1) is 26.8. The summed E-state index contributed by atoms with van der Waals surface area (Å²) in [5, 5.41) is 4.08. The minimum Gasteiger partial charge on any atom is -0.495 e. The highest BCUT2D eigenvalue weighted by Crippen LogP contribution is 2.37. The Labute approximate surface area is 205 Å². The van der Waals surface area contributed by atoms with E-state index in [-0.39, 0.29) is 23.9 Å². The molecule has 36 heavy (non-hydrogen) atoms. The first-order chi connectivity index (χ1) is 17.0. The quantitative estimate of drug-likeness (QED) is 0.426. The predicted molar refractivity (Wildman–Crippen MR) is 121 cm³/mol. The second-order valence-corrected chi connectivity index (χ2v) is 8.97. The number of benzene rings is 1. The van der Waals surface area contributed by atoms with Crippen molar-refractivity contribution in [2.75, 3.05) is 20.8 Å². The molecule has 1 N–H and O–H groups in total. The second-order valence-electron chi connectivity index (χ2n) is 7.35. The molecule has 0 saturated carbocycles. The molecule has 14 heteroatoms. The smallest absolute Gasteiger partial charge is 0.422 e. The van der Waals surface area contributed by atoms with Crippen LogP contribution in [0.1, 0.15) is 28.5 Å². The number of aromatic nitrogens is 3. The Kier molecular flexibility index (Phi) is 8.07. The number of halogens is 3. The predicted octanol–water partition coefficient (Wildman–Crippen LogP) is 2.97. The first-order valence-electron chi connectivity index (χ1n) is 10.5. The van der Waals surface area contributed by atoms with Crippen molar-refractivity contribution in [2.45, 2.75) is 31.0 Å². The average molecular weight is 529 g/mol. The van der Waals surface area contributed by atoms with E-state index in [2.05, 4.69) is 10.1 Å². The Hall–Kier alpha value is -3.81. The molecule has 0 aliphatic carbocycles. The number of sulfonamides is 1. The molecule has 0 bridgehead atoms. The van der Waals surface area contributed by atoms with Crippen LogP contribution in [0.3, 0.4) is 0 Å². The molecule has 1 amide bonds. The van der Waals surface area contributed by atoms with Crippen LogP contribution in [0.4, 0.5) is 13.2 Å². The number of hydrogen-bond acceptors (Lipinski definition) is 8. The lowest BCUT2D eigenvalue weighted by Gasteiger charge is -2.18. The number of carbonyl (C=O) groups excluding carboxylic acids is 1. The molecule has 2 aromatic heterocycles. The fourth-order valence-corrected chi connectivity index (χ4v) is 4.60. The zero-order chi connectivity index (χ0) is 26.5. The summed E-state index contributed by atoms with van der Waals surface area (Å²) in [7, 11) is -2.27. The van der Waals surface area contributed by atoms with E-state index in [9.17, 15) is 26.4 Å². The number of carbonyl (C=O) groups is 1. The van der Waals surface area contributed by atoms with Crippen LogP contribution in [0.15, 0.2) is 47.6 Å². The minimum absolute atomic E-state index is 0.0651. The molecule has 194 valence electrons. The van der Waals surface area contributed by atoms with Crippen LogP contribution in [-0.4, -0.2) is 56.1 Å². The summed E-state index contributed by atoms with van der Waals surface area (Å²) in [4.78, 5) is 16.2. The van der Waals surface area contributed by atoms with Crippen LogP contribution in [0.25, 0.3) is 0 Å². The Morgan fingerprint density at radius 3 is 2.42 bits per heavy atom. The van der Waals surface area contributed by atoms with Crippen molar-refractivity contribution in [3.05, 3.63) is 59.5 Å². The van der Waals surface area contributed by atoms with Crippen LogP contribution >= 0.6 is 0 Å². The van der Waals surface area contributed by atoms with Gasteiger partial charge in [-0.1, -0.05) is 13.0 Å². The molecular formula is C22H23F3N4O6S. The topological polar surface area (TPSA) is 122 Å². The van der Waals surface area contributed by atoms with E-state index in [0.717, 1.165) is 13.2 Å². The number of pyridine rings is 1. The minimum atomic E-state index is -4.76. The normalized spacial score (nSPS) is 11.7. The average Bonchev–Trinajstić information content (AvgIpc) is 3.34. The SMILES string of the molecule is CCc1ccc(OCC(F)(F)F)c(S(=O)(=O)NC(=O)c2ccc(Cn3cccn3)c(OC)n2)c1OC. The summed E-state index contributed by atoms with van der Waals surface area (Å²) in [6, 6.07) is 6.99. The van der Waals surface area contributed by atoms with E-state index in [1.54, 1.807) is 30.1 Å². The largest absolute Gasteiger partial charge is 0.495 e. The van der Waals surface area contributed by atoms with Crippen LogP contribution < -0.4 is 18.9 Å². The molecule has 0 fully saturated rings. The number of alkyl halides is 3. The van der Waals surface area contributed by atoms with Gasteiger partial charge in [-0.3, -0.25) is 9.48 Å². The molecule has 0 aliphatic heterocycles. The first-order valence-corrected chi connectivity index (χ1v) is 11.9. The molecule has 1 aromatic carbocycles. The van der Waals surface area contributed by atoms with Crippen LogP contribution in [-0.2, 0) is 23.0 Å². The third kappa shape index (κ3) is 6.24. The maximum Gasteiger partial charge on any atom is 0.422 e. The number of methoxy groups -OCH3 is 2. The van der Waals surface area contributed by atoms with Crippen LogP contribution in [0, 0.1) is 0 Å². The number of hydrogen-bond donors (Lipinski definition) is 1. The zero-order valence-corrected chi connectivity index (χ0v) is 20.3. The van der Waals surface area contributed by atoms with Gasteiger partial charge in [-0.25, -0.2) is 18.1 Å². The van der Waals surface area contributed by atoms with Gasteiger partial charge in [0.15, 0.2) is 11.5 Å². The molecule has 3 rings (SSSR count). The third-order valence-corrected chi connectivity index (χ3v) is 6.26. The van der Waals surface area contributed by atoms with E-state index in [4.69, 9.17) is 14.2 Å². The Balaban J connectivity index is 1.95. The van der Waals surface area contributed by atoms with Gasteiger partial charge < -0.3 is 14.2 Å². The number of rotatable bonds is 10. The van der Waals surface area contributed by atoms with Crippen molar-refractivity contribution in [1.82, 2.24) is 19.5 Å². The van der Waals surface area contributed by atoms with Gasteiger partial charge in [-0.15, -0.1) is 0 Å². The fourth-order valence-electron chi connectivity index (χ4n) is 3.30. The van der Waals surface area contributed by atoms with Gasteiger partial charge in [0.1, 0.15) is 17.2 Å². The fraction of sp³-hybridized carbons (Fsp3) is 0.318. The molecule has 0 unspecified atom stereocenters. The lowest BCUT2D eigenvalue weighted by Crippen LogP contribution is -2.32. The van der Waals surface area contributed by atoms with E-state index in [1.165, 1.54) is 25.3 Å². The van der Waals surface area contributed by atoms with Gasteiger partial charge in [0.25, 0.3) is 15.9 Å². The van der Waals surface area contributed by atoms with Gasteiger partial charge >= 0.3 is 6.18 Å². The van der Waals surface area contributed by atoms with Gasteiger partial charge in [-0.2, -0.15) is 18.3 Å². The number of aryl methyl sites for hydroxylation is 1. The Bertz CT molecular complexity index is 1330. The van der Waals surface area contributed by atoms with Gasteiger partial charge in [0.2, 0.25) is 5.88 Å². The summed E-state index contributed by atoms with van der Waals surface area (Å²) < 4.78 is 83.2. The molecule has 0 saturated heterocycles. The zero-order valence-electron chi connectivity index (χ0n) is 19.5. The van der Waals surface area contributed by atoms with Crippen molar-refractivity contribution in [1.29, 1.82) is 0 Å². The van der Waals surface area contributed by atoms with Crippen molar-refractivity contribution >= 4 is 15.9 Å². The number of amides is 1. The molecule has 2 heterocycles. The van der Waals surface area contributed by atoms with E-state index in [0.29, 0.717) is 17.5 Å².